The summed E-state index contributed by atoms with van der Waals surface area (Å²) in [7, 11) is 1.64. The summed E-state index contributed by atoms with van der Waals surface area (Å²) in [4.78, 5) is 22.1. The first-order valence-corrected chi connectivity index (χ1v) is 11.1. The maximum absolute atomic E-state index is 12.1. The Labute approximate surface area is 196 Å². The van der Waals surface area contributed by atoms with E-state index in [0.717, 1.165) is 27.7 Å². The van der Waals surface area contributed by atoms with Gasteiger partial charge in [0.1, 0.15) is 11.6 Å². The second-order valence-corrected chi connectivity index (χ2v) is 8.09. The highest BCUT2D eigenvalue weighted by atomic mass is 32.1. The SMILES string of the molecule is COc1ccc(Nc2cc(C)nc(Nc3ccc(NC(=O)/C=C/c4cccs4)cc3)n2)cc1. The van der Waals surface area contributed by atoms with Crippen LogP contribution in [-0.2, 0) is 4.79 Å². The summed E-state index contributed by atoms with van der Waals surface area (Å²) in [6, 6.07) is 20.8. The minimum absolute atomic E-state index is 0.180. The van der Waals surface area contributed by atoms with Gasteiger partial charge in [0.15, 0.2) is 0 Å². The summed E-state index contributed by atoms with van der Waals surface area (Å²) in [6.45, 7) is 1.91. The van der Waals surface area contributed by atoms with Crippen LogP contribution in [0.1, 0.15) is 10.6 Å². The number of benzene rings is 2. The van der Waals surface area contributed by atoms with Gasteiger partial charge in [-0.3, -0.25) is 4.79 Å². The first-order valence-electron chi connectivity index (χ1n) is 10.2. The molecule has 0 bridgehead atoms. The Bertz CT molecular complexity index is 1240. The van der Waals surface area contributed by atoms with Crippen LogP contribution >= 0.6 is 11.3 Å². The van der Waals surface area contributed by atoms with Crippen LogP contribution < -0.4 is 20.7 Å². The third-order valence-corrected chi connectivity index (χ3v) is 5.40. The fourth-order valence-corrected chi connectivity index (χ4v) is 3.62. The standard InChI is InChI=1S/C25H23N5O2S/c1-17-16-23(27-18-9-11-21(32-2)12-10-18)30-25(26-17)29-20-7-5-19(6-8-20)28-24(31)14-13-22-4-3-15-33-22/h3-16H,1-2H3,(H,28,31)(H2,26,27,29,30)/b14-13+. The number of methoxy groups -OCH3 is 1. The van der Waals surface area contributed by atoms with Gasteiger partial charge in [0.05, 0.1) is 7.11 Å². The molecule has 0 unspecified atom stereocenters. The van der Waals surface area contributed by atoms with E-state index in [1.807, 2.05) is 79.0 Å². The Hall–Kier alpha value is -4.17. The molecule has 0 saturated carbocycles. The molecular weight excluding hydrogens is 434 g/mol. The monoisotopic (exact) mass is 457 g/mol. The van der Waals surface area contributed by atoms with Gasteiger partial charge < -0.3 is 20.7 Å². The van der Waals surface area contributed by atoms with Crippen LogP contribution in [0.2, 0.25) is 0 Å². The number of carbonyl (C=O) groups is 1. The van der Waals surface area contributed by atoms with Gasteiger partial charge >= 0.3 is 0 Å². The quantitative estimate of drug-likeness (QED) is 0.282. The molecule has 1 amide bonds. The summed E-state index contributed by atoms with van der Waals surface area (Å²) in [5.74, 6) is 1.76. The van der Waals surface area contributed by atoms with Crippen LogP contribution in [-0.4, -0.2) is 23.0 Å². The Morgan fingerprint density at radius 1 is 0.939 bits per heavy atom. The van der Waals surface area contributed by atoms with Crippen LogP contribution in [0.15, 0.2) is 78.2 Å². The van der Waals surface area contributed by atoms with E-state index in [2.05, 4.69) is 25.9 Å². The third-order valence-electron chi connectivity index (χ3n) is 4.57. The van der Waals surface area contributed by atoms with Crippen molar-refractivity contribution in [3.05, 3.63) is 88.8 Å². The topological polar surface area (TPSA) is 88.2 Å². The summed E-state index contributed by atoms with van der Waals surface area (Å²) < 4.78 is 5.19. The van der Waals surface area contributed by atoms with Crippen molar-refractivity contribution in [3.8, 4) is 5.75 Å². The van der Waals surface area contributed by atoms with Gasteiger partial charge in [0.2, 0.25) is 11.9 Å². The molecule has 0 radical (unpaired) electrons. The lowest BCUT2D eigenvalue weighted by Crippen LogP contribution is -2.07. The largest absolute Gasteiger partial charge is 0.497 e. The van der Waals surface area contributed by atoms with E-state index in [1.165, 1.54) is 6.08 Å². The zero-order valence-electron chi connectivity index (χ0n) is 18.2. The molecule has 3 N–H and O–H groups in total. The minimum atomic E-state index is -0.180. The highest BCUT2D eigenvalue weighted by Crippen LogP contribution is 2.22. The molecule has 0 atom stereocenters. The van der Waals surface area contributed by atoms with Crippen molar-refractivity contribution < 1.29 is 9.53 Å². The van der Waals surface area contributed by atoms with Gasteiger partial charge in [-0.1, -0.05) is 6.07 Å². The number of amides is 1. The van der Waals surface area contributed by atoms with Crippen LogP contribution in [0.3, 0.4) is 0 Å². The van der Waals surface area contributed by atoms with Crippen molar-refractivity contribution in [2.24, 2.45) is 0 Å². The van der Waals surface area contributed by atoms with E-state index in [9.17, 15) is 4.79 Å². The van der Waals surface area contributed by atoms with Crippen molar-refractivity contribution in [1.29, 1.82) is 0 Å². The lowest BCUT2D eigenvalue weighted by molar-refractivity contribution is -0.111. The molecule has 2 aromatic carbocycles. The molecule has 0 saturated heterocycles. The molecule has 0 fully saturated rings. The molecule has 0 aliphatic heterocycles. The molecule has 0 aliphatic carbocycles. The number of nitrogens with zero attached hydrogens (tertiary/aromatic N) is 2. The van der Waals surface area contributed by atoms with Gasteiger partial charge in [-0.2, -0.15) is 4.98 Å². The molecule has 4 aromatic rings. The molecule has 4 rings (SSSR count). The fraction of sp³-hybridized carbons (Fsp3) is 0.0800. The first kappa shape index (κ1) is 22.0. The fourth-order valence-electron chi connectivity index (χ4n) is 3.00. The van der Waals surface area contributed by atoms with E-state index in [0.29, 0.717) is 17.5 Å². The summed E-state index contributed by atoms with van der Waals surface area (Å²) >= 11 is 1.58. The summed E-state index contributed by atoms with van der Waals surface area (Å²) in [5, 5.41) is 11.3. The third kappa shape index (κ3) is 6.41. The van der Waals surface area contributed by atoms with Gasteiger partial charge in [-0.05, 0) is 73.0 Å². The molecule has 7 nitrogen and oxygen atoms in total. The average molecular weight is 458 g/mol. The predicted octanol–water partition coefficient (Wildman–Crippen LogP) is 5.99. The summed E-state index contributed by atoms with van der Waals surface area (Å²) in [5.41, 5.74) is 3.23. The van der Waals surface area contributed by atoms with Crippen LogP contribution in [0.25, 0.3) is 6.08 Å². The number of aromatic nitrogens is 2. The van der Waals surface area contributed by atoms with E-state index in [1.54, 1.807) is 24.5 Å². The van der Waals surface area contributed by atoms with Gasteiger partial charge in [0, 0.05) is 39.8 Å². The number of nitrogens with one attached hydrogen (secondary N) is 3. The van der Waals surface area contributed by atoms with Crippen LogP contribution in [0.5, 0.6) is 5.75 Å². The number of ether oxygens (including phenoxy) is 1. The molecule has 0 spiro atoms. The van der Waals surface area contributed by atoms with E-state index in [4.69, 9.17) is 4.74 Å². The van der Waals surface area contributed by atoms with Crippen molar-refractivity contribution in [3.63, 3.8) is 0 Å². The van der Waals surface area contributed by atoms with Crippen molar-refractivity contribution in [2.75, 3.05) is 23.1 Å². The Kier molecular flexibility index (Phi) is 6.96. The number of anilines is 5. The molecule has 0 aliphatic rings. The normalized spacial score (nSPS) is 10.7. The zero-order valence-corrected chi connectivity index (χ0v) is 19.0. The van der Waals surface area contributed by atoms with Gasteiger partial charge in [0.25, 0.3) is 0 Å². The molecule has 2 aromatic heterocycles. The maximum Gasteiger partial charge on any atom is 0.248 e. The van der Waals surface area contributed by atoms with Crippen molar-refractivity contribution in [2.45, 2.75) is 6.92 Å². The molecule has 8 heteroatoms. The number of carbonyl (C=O) groups excluding carboxylic acids is 1. The Balaban J connectivity index is 1.38. The first-order chi connectivity index (χ1) is 16.1. The van der Waals surface area contributed by atoms with Crippen LogP contribution in [0.4, 0.5) is 28.8 Å². The lowest BCUT2D eigenvalue weighted by Gasteiger charge is -2.11. The van der Waals surface area contributed by atoms with E-state index >= 15 is 0 Å². The number of thiophene rings is 1. The van der Waals surface area contributed by atoms with Crippen molar-refractivity contribution in [1.82, 2.24) is 9.97 Å². The molecule has 33 heavy (non-hydrogen) atoms. The second kappa shape index (κ2) is 10.4. The smallest absolute Gasteiger partial charge is 0.248 e. The highest BCUT2D eigenvalue weighted by Gasteiger charge is 2.05. The predicted molar refractivity (Wildman–Crippen MR) is 135 cm³/mol. The number of aryl methyl sites for hydroxylation is 1. The molecule has 166 valence electrons. The summed E-state index contributed by atoms with van der Waals surface area (Å²) in [6.07, 6.45) is 3.32. The van der Waals surface area contributed by atoms with Crippen molar-refractivity contribution >= 4 is 52.1 Å². The second-order valence-electron chi connectivity index (χ2n) is 7.11. The van der Waals surface area contributed by atoms with Gasteiger partial charge in [-0.25, -0.2) is 4.98 Å². The number of hydrogen-bond acceptors (Lipinski definition) is 7. The number of hydrogen-bond donors (Lipinski definition) is 3. The van der Waals surface area contributed by atoms with E-state index < -0.39 is 0 Å². The van der Waals surface area contributed by atoms with Gasteiger partial charge in [-0.15, -0.1) is 11.3 Å². The maximum atomic E-state index is 12.1. The zero-order chi connectivity index (χ0) is 23.0. The highest BCUT2D eigenvalue weighted by molar-refractivity contribution is 7.10. The molecular formula is C25H23N5O2S. The number of rotatable bonds is 8. The average Bonchev–Trinajstić information content (AvgIpc) is 3.33. The Morgan fingerprint density at radius 3 is 2.33 bits per heavy atom. The lowest BCUT2D eigenvalue weighted by atomic mass is 10.2. The van der Waals surface area contributed by atoms with Crippen LogP contribution in [0, 0.1) is 6.92 Å². The van der Waals surface area contributed by atoms with E-state index in [-0.39, 0.29) is 5.91 Å². The Morgan fingerprint density at radius 2 is 1.64 bits per heavy atom. The minimum Gasteiger partial charge on any atom is -0.497 e. The molecule has 2 heterocycles.